The Hall–Kier alpha value is -1.35. The lowest BCUT2D eigenvalue weighted by atomic mass is 10.1. The third-order valence-corrected chi connectivity index (χ3v) is 2.85. The van der Waals surface area contributed by atoms with Gasteiger partial charge < -0.3 is 10.2 Å². The molecule has 0 atom stereocenters. The quantitative estimate of drug-likeness (QED) is 0.716. The van der Waals surface area contributed by atoms with E-state index in [4.69, 9.17) is 0 Å². The van der Waals surface area contributed by atoms with Crippen molar-refractivity contribution in [3.8, 4) is 0 Å². The fourth-order valence-corrected chi connectivity index (χ4v) is 2.00. The molecule has 0 spiro atoms. The van der Waals surface area contributed by atoms with Gasteiger partial charge in [0, 0.05) is 42.8 Å². The molecular weight excluding hydrogens is 222 g/mol. The van der Waals surface area contributed by atoms with Gasteiger partial charge in [-0.2, -0.15) is 0 Å². The van der Waals surface area contributed by atoms with Crippen molar-refractivity contribution < 1.29 is 0 Å². The van der Waals surface area contributed by atoms with Crippen LogP contribution in [-0.2, 0) is 6.54 Å². The maximum absolute atomic E-state index is 4.40. The molecule has 1 aromatic rings. The summed E-state index contributed by atoms with van der Waals surface area (Å²) in [5.74, 6) is 0. The summed E-state index contributed by atoms with van der Waals surface area (Å²) < 4.78 is 0. The molecule has 18 heavy (non-hydrogen) atoms. The van der Waals surface area contributed by atoms with E-state index in [1.54, 1.807) is 0 Å². The zero-order valence-electron chi connectivity index (χ0n) is 11.9. The highest BCUT2D eigenvalue weighted by molar-refractivity contribution is 5.54. The van der Waals surface area contributed by atoms with E-state index >= 15 is 0 Å². The van der Waals surface area contributed by atoms with Crippen molar-refractivity contribution in [3.05, 3.63) is 36.2 Å². The lowest BCUT2D eigenvalue weighted by Crippen LogP contribution is -2.26. The van der Waals surface area contributed by atoms with Crippen LogP contribution in [0.15, 0.2) is 24.9 Å². The number of hydrogen-bond acceptors (Lipinski definition) is 3. The van der Waals surface area contributed by atoms with Crippen LogP contribution in [0, 0.1) is 6.92 Å². The van der Waals surface area contributed by atoms with Gasteiger partial charge in [0.05, 0.1) is 0 Å². The van der Waals surface area contributed by atoms with Gasteiger partial charge in [-0.1, -0.05) is 19.9 Å². The van der Waals surface area contributed by atoms with Crippen LogP contribution in [-0.4, -0.2) is 24.6 Å². The molecule has 1 rings (SSSR count). The zero-order chi connectivity index (χ0) is 13.4. The summed E-state index contributed by atoms with van der Waals surface area (Å²) >= 11 is 0. The van der Waals surface area contributed by atoms with Crippen LogP contribution < -0.4 is 10.2 Å². The van der Waals surface area contributed by atoms with Gasteiger partial charge in [0.25, 0.3) is 0 Å². The van der Waals surface area contributed by atoms with E-state index in [1.807, 2.05) is 19.2 Å². The highest BCUT2D eigenvalue weighted by Crippen LogP contribution is 2.21. The molecule has 0 aliphatic rings. The molecule has 0 fully saturated rings. The molecule has 0 saturated carbocycles. The van der Waals surface area contributed by atoms with Gasteiger partial charge in [0.2, 0.25) is 0 Å². The molecule has 1 aromatic heterocycles. The van der Waals surface area contributed by atoms with E-state index in [0.717, 1.165) is 38.3 Å². The minimum Gasteiger partial charge on any atom is -0.367 e. The number of rotatable bonds is 8. The molecule has 100 valence electrons. The van der Waals surface area contributed by atoms with Crippen molar-refractivity contribution in [3.63, 3.8) is 0 Å². The lowest BCUT2D eigenvalue weighted by Gasteiger charge is -2.25. The summed E-state index contributed by atoms with van der Waals surface area (Å²) in [5.41, 5.74) is 3.61. The fraction of sp³-hybridized carbons (Fsp3) is 0.533. The molecule has 0 aliphatic carbocycles. The molecule has 1 heterocycles. The van der Waals surface area contributed by atoms with E-state index in [-0.39, 0.29) is 0 Å². The predicted octanol–water partition coefficient (Wildman–Crippen LogP) is 2.90. The summed E-state index contributed by atoms with van der Waals surface area (Å²) in [4.78, 5) is 6.77. The van der Waals surface area contributed by atoms with Crippen LogP contribution in [0.4, 0.5) is 5.69 Å². The average molecular weight is 247 g/mol. The summed E-state index contributed by atoms with van der Waals surface area (Å²) in [5, 5.41) is 3.37. The number of nitrogens with zero attached hydrogens (tertiary/aromatic N) is 2. The van der Waals surface area contributed by atoms with Gasteiger partial charge in [-0.25, -0.2) is 0 Å². The van der Waals surface area contributed by atoms with Crippen molar-refractivity contribution >= 4 is 5.69 Å². The van der Waals surface area contributed by atoms with E-state index in [0.29, 0.717) is 0 Å². The fourth-order valence-electron chi connectivity index (χ4n) is 2.00. The summed E-state index contributed by atoms with van der Waals surface area (Å²) in [6, 6.07) is 2.17. The highest BCUT2D eigenvalue weighted by Gasteiger charge is 2.10. The molecule has 0 bridgehead atoms. The maximum Gasteiger partial charge on any atom is 0.0448 e. The minimum atomic E-state index is 0.871. The van der Waals surface area contributed by atoms with Gasteiger partial charge in [0.1, 0.15) is 0 Å². The maximum atomic E-state index is 4.40. The Morgan fingerprint density at radius 3 is 2.83 bits per heavy atom. The normalized spacial score (nSPS) is 10.4. The summed E-state index contributed by atoms with van der Waals surface area (Å²) in [7, 11) is 0. The zero-order valence-corrected chi connectivity index (χ0v) is 11.9. The number of aryl methyl sites for hydroxylation is 1. The van der Waals surface area contributed by atoms with Crippen molar-refractivity contribution in [1.29, 1.82) is 0 Å². The molecule has 0 unspecified atom stereocenters. The SMILES string of the molecule is C=CCN(CCC)c1cc(C)ncc1CNCC. The van der Waals surface area contributed by atoms with Crippen LogP contribution in [0.25, 0.3) is 0 Å². The van der Waals surface area contributed by atoms with Gasteiger partial charge in [-0.15, -0.1) is 6.58 Å². The van der Waals surface area contributed by atoms with Crippen molar-refractivity contribution in [2.24, 2.45) is 0 Å². The second-order valence-electron chi connectivity index (χ2n) is 4.47. The molecule has 0 saturated heterocycles. The van der Waals surface area contributed by atoms with Crippen molar-refractivity contribution in [2.75, 3.05) is 24.5 Å². The van der Waals surface area contributed by atoms with Crippen LogP contribution in [0.3, 0.4) is 0 Å². The average Bonchev–Trinajstić information content (AvgIpc) is 2.37. The number of aromatic nitrogens is 1. The smallest absolute Gasteiger partial charge is 0.0448 e. The minimum absolute atomic E-state index is 0.871. The first-order chi connectivity index (χ1) is 8.72. The lowest BCUT2D eigenvalue weighted by molar-refractivity contribution is 0.716. The van der Waals surface area contributed by atoms with Crippen LogP contribution in [0.2, 0.25) is 0 Å². The third kappa shape index (κ3) is 4.15. The van der Waals surface area contributed by atoms with Crippen LogP contribution >= 0.6 is 0 Å². The third-order valence-electron chi connectivity index (χ3n) is 2.85. The van der Waals surface area contributed by atoms with Crippen molar-refractivity contribution in [2.45, 2.75) is 33.7 Å². The standard InChI is InChI=1S/C15H25N3/c1-5-8-18(9-6-2)15-10-13(4)17-12-14(15)11-16-7-3/h5,10,12,16H,1,6-9,11H2,2-4H3. The van der Waals surface area contributed by atoms with Gasteiger partial charge in [-0.3, -0.25) is 4.98 Å². The van der Waals surface area contributed by atoms with E-state index < -0.39 is 0 Å². The first kappa shape index (κ1) is 14.7. The Balaban J connectivity index is 2.99. The second kappa shape index (κ2) is 7.88. The molecule has 0 amide bonds. The van der Waals surface area contributed by atoms with Gasteiger partial charge in [0.15, 0.2) is 0 Å². The molecule has 0 aliphatic heterocycles. The Bertz CT molecular complexity index is 374. The Morgan fingerprint density at radius 1 is 1.44 bits per heavy atom. The number of pyridine rings is 1. The summed E-state index contributed by atoms with van der Waals surface area (Å²) in [6.07, 6.45) is 5.08. The van der Waals surface area contributed by atoms with Gasteiger partial charge in [-0.05, 0) is 26.0 Å². The second-order valence-corrected chi connectivity index (χ2v) is 4.47. The first-order valence-corrected chi connectivity index (χ1v) is 6.75. The monoisotopic (exact) mass is 247 g/mol. The summed E-state index contributed by atoms with van der Waals surface area (Å²) in [6.45, 7) is 14.0. The Morgan fingerprint density at radius 2 is 2.22 bits per heavy atom. The van der Waals surface area contributed by atoms with E-state index in [2.05, 4.69) is 41.7 Å². The van der Waals surface area contributed by atoms with Crippen LogP contribution in [0.5, 0.6) is 0 Å². The van der Waals surface area contributed by atoms with Crippen LogP contribution in [0.1, 0.15) is 31.5 Å². The Labute approximate surface area is 111 Å². The van der Waals surface area contributed by atoms with Gasteiger partial charge >= 0.3 is 0 Å². The first-order valence-electron chi connectivity index (χ1n) is 6.75. The van der Waals surface area contributed by atoms with Crippen molar-refractivity contribution in [1.82, 2.24) is 10.3 Å². The number of hydrogen-bond donors (Lipinski definition) is 1. The highest BCUT2D eigenvalue weighted by atomic mass is 15.1. The molecule has 1 N–H and O–H groups in total. The number of anilines is 1. The molecule has 3 nitrogen and oxygen atoms in total. The predicted molar refractivity (Wildman–Crippen MR) is 79.1 cm³/mol. The Kier molecular flexibility index (Phi) is 6.44. The molecule has 0 aromatic carbocycles. The molecule has 3 heteroatoms. The van der Waals surface area contributed by atoms with E-state index in [1.165, 1.54) is 11.3 Å². The molecule has 0 radical (unpaired) electrons. The largest absolute Gasteiger partial charge is 0.367 e. The van der Waals surface area contributed by atoms with E-state index in [9.17, 15) is 0 Å². The molecular formula is C15H25N3. The number of nitrogens with one attached hydrogen (secondary N) is 1. The topological polar surface area (TPSA) is 28.2 Å².